The maximum Gasteiger partial charge on any atom is 0.430 e. The SMILES string of the molecule is O.O=C([O-])C(F)(F)F.O=C([O-])C(F)(F)F.c1cc2cc(c1)C[n+]1ccc(c3ccccc31)NCc1ccc(cc1)CNc1cc[n+](c3ccccc13)C2. The standard InChI is InChI=1S/C34H28N4.2C2HF3O2.H2O/c1-3-10-33-29(8-1)31-16-18-37(33)23-27-6-5-7-28(20-27)24-38-19-17-32(30-9-2-4-11-34(30)38)36-22-26-14-12-25(13-15-26)21-35-31;2*3-2(4,5)1(6)7;/h1-20H,21-24H2;2*(H,6,7);1H2. The lowest BCUT2D eigenvalue weighted by Gasteiger charge is -2.11. The molecule has 2 aromatic heterocycles. The lowest BCUT2D eigenvalue weighted by Crippen LogP contribution is -2.37. The monoisotopic (exact) mass is 738 g/mol. The fourth-order valence-electron chi connectivity index (χ4n) is 5.55. The summed E-state index contributed by atoms with van der Waals surface area (Å²) in [5.74, 6) is -6.01. The minimum absolute atomic E-state index is 0. The molecule has 0 saturated carbocycles. The first-order valence-electron chi connectivity index (χ1n) is 15.7. The van der Waals surface area contributed by atoms with Crippen molar-refractivity contribution in [3.8, 4) is 0 Å². The number of nitrogens with zero attached hydrogens (tertiary/aromatic N) is 2. The van der Waals surface area contributed by atoms with Crippen LogP contribution >= 0.6 is 0 Å². The average Bonchev–Trinajstić information content (AvgIpc) is 3.11. The maximum atomic E-state index is 10.5. The van der Waals surface area contributed by atoms with Gasteiger partial charge >= 0.3 is 12.4 Å². The van der Waals surface area contributed by atoms with E-state index in [9.17, 15) is 26.3 Å². The normalized spacial score (nSPS) is 12.5. The summed E-state index contributed by atoms with van der Waals surface area (Å²) in [4.78, 5) is 17.6. The number of alkyl halides is 6. The van der Waals surface area contributed by atoms with Crippen molar-refractivity contribution in [3.05, 3.63) is 144 Å². The van der Waals surface area contributed by atoms with E-state index in [0.717, 1.165) is 37.6 Å². The molecule has 8 bridgehead atoms. The number of aromatic nitrogens is 2. The summed E-state index contributed by atoms with van der Waals surface area (Å²) in [6.45, 7) is 3.22. The second kappa shape index (κ2) is 16.9. The number of aliphatic carboxylic acids is 2. The van der Waals surface area contributed by atoms with Crippen LogP contribution < -0.4 is 30.0 Å². The Balaban J connectivity index is 0.000000358. The van der Waals surface area contributed by atoms with Crippen LogP contribution in [-0.4, -0.2) is 29.8 Å². The van der Waals surface area contributed by atoms with E-state index in [1.807, 2.05) is 0 Å². The van der Waals surface area contributed by atoms with Crippen LogP contribution in [0.5, 0.6) is 0 Å². The predicted octanol–water partition coefficient (Wildman–Crippen LogP) is 3.97. The van der Waals surface area contributed by atoms with Crippen LogP contribution in [0.1, 0.15) is 22.3 Å². The maximum absolute atomic E-state index is 10.5. The molecule has 9 nitrogen and oxygen atoms in total. The van der Waals surface area contributed by atoms with Crippen molar-refractivity contribution in [3.63, 3.8) is 0 Å². The van der Waals surface area contributed by atoms with Crippen molar-refractivity contribution >= 4 is 45.1 Å². The molecule has 0 fully saturated rings. The molecule has 0 aliphatic carbocycles. The number of pyridine rings is 2. The number of rotatable bonds is 0. The van der Waals surface area contributed by atoms with E-state index in [1.165, 1.54) is 44.1 Å². The number of carboxylic acid groups (broad SMARTS) is 2. The van der Waals surface area contributed by atoms with Crippen molar-refractivity contribution in [2.24, 2.45) is 0 Å². The van der Waals surface area contributed by atoms with E-state index in [0.29, 0.717) is 0 Å². The van der Waals surface area contributed by atoms with Gasteiger partial charge in [0, 0.05) is 48.5 Å². The number of carbonyl (C=O) groups excluding carboxylic acids is 2. The van der Waals surface area contributed by atoms with Crippen molar-refractivity contribution in [2.75, 3.05) is 10.6 Å². The number of hydrogen-bond acceptors (Lipinski definition) is 6. The first kappa shape index (κ1) is 39.6. The van der Waals surface area contributed by atoms with Crippen molar-refractivity contribution in [1.29, 1.82) is 0 Å². The molecule has 6 aromatic rings. The van der Waals surface area contributed by atoms with Gasteiger partial charge in [-0.25, -0.2) is 0 Å². The number of benzene rings is 4. The molecular weight excluding hydrogens is 706 g/mol. The molecule has 4 N–H and O–H groups in total. The number of nitrogens with one attached hydrogen (secondary N) is 2. The highest BCUT2D eigenvalue weighted by Crippen LogP contribution is 2.24. The van der Waals surface area contributed by atoms with Crippen molar-refractivity contribution in [1.82, 2.24) is 0 Å². The van der Waals surface area contributed by atoms with Crippen LogP contribution in [0.3, 0.4) is 0 Å². The fourth-order valence-corrected chi connectivity index (χ4v) is 5.55. The van der Waals surface area contributed by atoms with Gasteiger partial charge in [0.2, 0.25) is 11.0 Å². The Hall–Kier alpha value is -6.22. The summed E-state index contributed by atoms with van der Waals surface area (Å²) in [7, 11) is 0. The quantitative estimate of drug-likeness (QED) is 0.178. The molecule has 3 aliphatic heterocycles. The Bertz CT molecular complexity index is 2060. The van der Waals surface area contributed by atoms with Crippen LogP contribution in [0.4, 0.5) is 37.7 Å². The number of carbonyl (C=O) groups is 2. The second-order valence-electron chi connectivity index (χ2n) is 11.7. The third-order valence-corrected chi connectivity index (χ3v) is 8.00. The molecule has 53 heavy (non-hydrogen) atoms. The third-order valence-electron chi connectivity index (χ3n) is 8.00. The summed E-state index contributed by atoms with van der Waals surface area (Å²) in [6.07, 6.45) is -5.98. The van der Waals surface area contributed by atoms with Gasteiger partial charge in [0.25, 0.3) is 0 Å². The molecule has 0 amide bonds. The summed E-state index contributed by atoms with van der Waals surface area (Å²) in [6, 6.07) is 39.6. The zero-order chi connectivity index (χ0) is 37.5. The van der Waals surface area contributed by atoms with Crippen LogP contribution in [0, 0.1) is 0 Å². The van der Waals surface area contributed by atoms with Gasteiger partial charge in [-0.05, 0) is 29.3 Å². The first-order chi connectivity index (χ1) is 24.7. The van der Waals surface area contributed by atoms with Gasteiger partial charge in [0.15, 0.2) is 25.5 Å². The average molecular weight is 739 g/mol. The predicted molar refractivity (Wildman–Crippen MR) is 180 cm³/mol. The highest BCUT2D eigenvalue weighted by Gasteiger charge is 2.29. The lowest BCUT2D eigenvalue weighted by atomic mass is 10.1. The molecule has 0 unspecified atom stereocenters. The zero-order valence-electron chi connectivity index (χ0n) is 27.7. The molecule has 0 spiro atoms. The topological polar surface area (TPSA) is 144 Å². The van der Waals surface area contributed by atoms with Crippen molar-refractivity contribution < 1.29 is 60.8 Å². The van der Waals surface area contributed by atoms with E-state index < -0.39 is 24.3 Å². The minimum atomic E-state index is -5.19. The molecule has 4 aromatic carbocycles. The molecule has 5 heterocycles. The summed E-state index contributed by atoms with van der Waals surface area (Å²) >= 11 is 0. The number of anilines is 2. The van der Waals surface area contributed by atoms with Gasteiger partial charge in [-0.3, -0.25) is 0 Å². The fraction of sp³-hybridized carbons (Fsp3) is 0.158. The molecule has 0 atom stereocenters. The Kier molecular flexibility index (Phi) is 12.6. The summed E-state index contributed by atoms with van der Waals surface area (Å²) in [5, 5.41) is 27.4. The molecule has 0 saturated heterocycles. The van der Waals surface area contributed by atoms with Crippen LogP contribution in [0.2, 0.25) is 0 Å². The van der Waals surface area contributed by atoms with Crippen LogP contribution in [0.25, 0.3) is 21.8 Å². The third kappa shape index (κ3) is 10.4. The number of fused-ring (bicyclic) bond motifs is 2. The van der Waals surface area contributed by atoms with E-state index in [1.54, 1.807) is 0 Å². The van der Waals surface area contributed by atoms with Crippen LogP contribution in [-0.2, 0) is 35.8 Å². The van der Waals surface area contributed by atoms with E-state index in [2.05, 4.69) is 141 Å². The molecule has 9 rings (SSSR count). The van der Waals surface area contributed by atoms with Gasteiger partial charge in [-0.15, -0.1) is 0 Å². The Labute approximate surface area is 298 Å². The highest BCUT2D eigenvalue weighted by molar-refractivity contribution is 5.89. The minimum Gasteiger partial charge on any atom is -0.542 e. The summed E-state index contributed by atoms with van der Waals surface area (Å²) in [5.41, 5.74) is 9.91. The Morgan fingerprint density at radius 1 is 0.528 bits per heavy atom. The van der Waals surface area contributed by atoms with Gasteiger partial charge in [0.05, 0.1) is 22.1 Å². The second-order valence-corrected chi connectivity index (χ2v) is 11.7. The Morgan fingerprint density at radius 2 is 0.887 bits per heavy atom. The number of carboxylic acids is 2. The van der Waals surface area contributed by atoms with Gasteiger partial charge in [-0.1, -0.05) is 66.7 Å². The van der Waals surface area contributed by atoms with E-state index in [4.69, 9.17) is 19.8 Å². The number of para-hydroxylation sites is 2. The van der Waals surface area contributed by atoms with Crippen molar-refractivity contribution in [2.45, 2.75) is 38.5 Å². The highest BCUT2D eigenvalue weighted by atomic mass is 19.4. The number of hydrogen-bond donors (Lipinski definition) is 2. The van der Waals surface area contributed by atoms with E-state index in [-0.39, 0.29) is 5.48 Å². The molecular formula is C38H32F6N4O5. The lowest BCUT2D eigenvalue weighted by molar-refractivity contribution is -0.663. The van der Waals surface area contributed by atoms with Gasteiger partial charge < -0.3 is 35.9 Å². The first-order valence-corrected chi connectivity index (χ1v) is 15.7. The molecule has 276 valence electrons. The number of halogens is 6. The summed E-state index contributed by atoms with van der Waals surface area (Å²) < 4.78 is 67.8. The smallest absolute Gasteiger partial charge is 0.430 e. The van der Waals surface area contributed by atoms with Gasteiger partial charge in [-0.2, -0.15) is 35.5 Å². The largest absolute Gasteiger partial charge is 0.542 e. The van der Waals surface area contributed by atoms with Gasteiger partial charge in [0.1, 0.15) is 11.9 Å². The Morgan fingerprint density at radius 3 is 1.25 bits per heavy atom. The molecule has 15 heteroatoms. The van der Waals surface area contributed by atoms with Crippen LogP contribution in [0.15, 0.2) is 122 Å². The molecule has 0 radical (unpaired) electrons. The zero-order valence-corrected chi connectivity index (χ0v) is 27.7. The van der Waals surface area contributed by atoms with E-state index >= 15 is 0 Å². The molecule has 3 aliphatic rings.